The van der Waals surface area contributed by atoms with E-state index in [1.807, 2.05) is 41.3 Å². The third-order valence-electron chi connectivity index (χ3n) is 5.50. The quantitative estimate of drug-likeness (QED) is 0.646. The maximum absolute atomic E-state index is 14.9. The number of tetrazole rings is 1. The first kappa shape index (κ1) is 20.6. The summed E-state index contributed by atoms with van der Waals surface area (Å²) in [5, 5.41) is 12.5. The van der Waals surface area contributed by atoms with Crippen LogP contribution < -0.4 is 0 Å². The Bertz CT molecular complexity index is 959. The number of benzene rings is 1. The van der Waals surface area contributed by atoms with Gasteiger partial charge in [0.1, 0.15) is 11.9 Å². The fourth-order valence-electron chi connectivity index (χ4n) is 3.96. The topological polar surface area (TPSA) is 63.0 Å². The molecule has 1 saturated heterocycles. The molecule has 1 aromatic carbocycles. The molecule has 0 bridgehead atoms. The van der Waals surface area contributed by atoms with Gasteiger partial charge in [-0.05, 0) is 55.0 Å². The number of halogens is 1. The number of piperazine rings is 1. The number of pyridine rings is 1. The number of hydrogen-bond acceptors (Lipinski definition) is 6. The first-order valence-electron chi connectivity index (χ1n) is 10.3. The molecule has 0 radical (unpaired) electrons. The van der Waals surface area contributed by atoms with Crippen molar-refractivity contribution in [2.24, 2.45) is 0 Å². The summed E-state index contributed by atoms with van der Waals surface area (Å²) in [4.78, 5) is 8.79. The second kappa shape index (κ2) is 8.57. The first-order valence-corrected chi connectivity index (χ1v) is 10.3. The van der Waals surface area contributed by atoms with Crippen molar-refractivity contribution in [2.45, 2.75) is 38.9 Å². The molecule has 4 rings (SSSR count). The lowest BCUT2D eigenvalue weighted by atomic mass is 10.0. The predicted octanol–water partition coefficient (Wildman–Crippen LogP) is 2.87. The minimum atomic E-state index is -0.330. The molecule has 1 unspecified atom stereocenters. The van der Waals surface area contributed by atoms with Crippen molar-refractivity contribution in [3.63, 3.8) is 0 Å². The zero-order valence-electron chi connectivity index (χ0n) is 17.7. The molecular weight excluding hydrogens is 381 g/mol. The fraction of sp³-hybridized carbons (Fsp3) is 0.455. The molecule has 0 amide bonds. The molecule has 1 aliphatic rings. The zero-order valence-corrected chi connectivity index (χ0v) is 17.7. The highest BCUT2D eigenvalue weighted by Crippen LogP contribution is 2.32. The molecule has 0 spiro atoms. The maximum atomic E-state index is 14.9. The molecule has 3 heterocycles. The molecule has 2 aromatic heterocycles. The summed E-state index contributed by atoms with van der Waals surface area (Å²) >= 11 is 0. The number of hydrogen-bond donors (Lipinski definition) is 0. The van der Waals surface area contributed by atoms with Crippen molar-refractivity contribution < 1.29 is 4.39 Å². The van der Waals surface area contributed by atoms with Crippen molar-refractivity contribution in [2.75, 3.05) is 26.2 Å². The molecule has 1 fully saturated rings. The third kappa shape index (κ3) is 4.39. The molecule has 30 heavy (non-hydrogen) atoms. The average molecular weight is 410 g/mol. The molecule has 0 aliphatic carbocycles. The van der Waals surface area contributed by atoms with Gasteiger partial charge in [-0.15, -0.1) is 5.10 Å². The maximum Gasteiger partial charge on any atom is 0.173 e. The van der Waals surface area contributed by atoms with E-state index in [1.165, 1.54) is 11.6 Å². The predicted molar refractivity (Wildman–Crippen MR) is 112 cm³/mol. The van der Waals surface area contributed by atoms with Gasteiger partial charge in [-0.25, -0.2) is 9.07 Å². The van der Waals surface area contributed by atoms with Crippen molar-refractivity contribution >= 4 is 0 Å². The van der Waals surface area contributed by atoms with E-state index >= 15 is 0 Å². The van der Waals surface area contributed by atoms with Crippen LogP contribution in [0, 0.1) is 5.82 Å². The summed E-state index contributed by atoms with van der Waals surface area (Å²) in [6.45, 7) is 10.4. The van der Waals surface area contributed by atoms with Gasteiger partial charge in [0.15, 0.2) is 5.82 Å². The Labute approximate surface area is 176 Å². The van der Waals surface area contributed by atoms with Crippen molar-refractivity contribution in [3.05, 3.63) is 71.6 Å². The van der Waals surface area contributed by atoms with Gasteiger partial charge in [-0.1, -0.05) is 18.2 Å². The molecular formula is C22H28FN7. The summed E-state index contributed by atoms with van der Waals surface area (Å²) in [5.41, 5.74) is 1.56. The molecule has 0 saturated carbocycles. The van der Waals surface area contributed by atoms with E-state index in [9.17, 15) is 4.39 Å². The van der Waals surface area contributed by atoms with Gasteiger partial charge < -0.3 is 0 Å². The highest BCUT2D eigenvalue weighted by atomic mass is 19.1. The van der Waals surface area contributed by atoms with Gasteiger partial charge in [-0.2, -0.15) is 0 Å². The summed E-state index contributed by atoms with van der Waals surface area (Å²) in [6.07, 6.45) is 3.65. The van der Waals surface area contributed by atoms with E-state index < -0.39 is 0 Å². The number of nitrogens with zero attached hydrogens (tertiary/aromatic N) is 7. The van der Waals surface area contributed by atoms with Crippen molar-refractivity contribution in [3.8, 4) is 0 Å². The standard InChI is InChI=1S/C22H28FN7/c1-22(2,3)30-21(25-26-27-30)20(18-6-4-5-7-19(18)23)29-14-12-28(13-15-29)16-17-8-10-24-11-9-17/h4-11,20H,12-16H2,1-3H3. The van der Waals surface area contributed by atoms with Gasteiger partial charge in [0, 0.05) is 50.7 Å². The van der Waals surface area contributed by atoms with Gasteiger partial charge in [0.05, 0.1) is 5.54 Å². The van der Waals surface area contributed by atoms with E-state index in [0.717, 1.165) is 32.7 Å². The number of aromatic nitrogens is 5. The smallest absolute Gasteiger partial charge is 0.173 e. The van der Waals surface area contributed by atoms with Crippen LogP contribution in [0.1, 0.15) is 43.8 Å². The largest absolute Gasteiger partial charge is 0.297 e. The lowest BCUT2D eigenvalue weighted by Gasteiger charge is -2.39. The van der Waals surface area contributed by atoms with Crippen LogP contribution in [-0.2, 0) is 12.1 Å². The lowest BCUT2D eigenvalue weighted by molar-refractivity contribution is 0.0966. The van der Waals surface area contributed by atoms with Crippen LogP contribution in [0.15, 0.2) is 48.8 Å². The minimum Gasteiger partial charge on any atom is -0.297 e. The molecule has 158 valence electrons. The second-order valence-electron chi connectivity index (χ2n) is 8.71. The van der Waals surface area contributed by atoms with E-state index in [1.54, 1.807) is 6.07 Å². The second-order valence-corrected chi connectivity index (χ2v) is 8.71. The van der Waals surface area contributed by atoms with Crippen LogP contribution in [0.4, 0.5) is 4.39 Å². The zero-order chi connectivity index (χ0) is 21.1. The number of rotatable bonds is 5. The van der Waals surface area contributed by atoms with E-state index in [0.29, 0.717) is 11.4 Å². The Hall–Kier alpha value is -2.71. The Morgan fingerprint density at radius 2 is 1.70 bits per heavy atom. The average Bonchev–Trinajstić information content (AvgIpc) is 3.22. The lowest BCUT2D eigenvalue weighted by Crippen LogP contribution is -2.48. The Morgan fingerprint density at radius 1 is 1.00 bits per heavy atom. The molecule has 3 aromatic rings. The summed E-state index contributed by atoms with van der Waals surface area (Å²) < 4.78 is 16.7. The molecule has 7 nitrogen and oxygen atoms in total. The molecule has 1 atom stereocenters. The van der Waals surface area contributed by atoms with E-state index in [4.69, 9.17) is 0 Å². The first-order chi connectivity index (χ1) is 14.4. The van der Waals surface area contributed by atoms with Crippen LogP contribution in [-0.4, -0.2) is 61.2 Å². The highest BCUT2D eigenvalue weighted by Gasteiger charge is 2.34. The van der Waals surface area contributed by atoms with Gasteiger partial charge >= 0.3 is 0 Å². The van der Waals surface area contributed by atoms with Crippen LogP contribution >= 0.6 is 0 Å². The van der Waals surface area contributed by atoms with Crippen LogP contribution in [0.5, 0.6) is 0 Å². The van der Waals surface area contributed by atoms with Gasteiger partial charge in [0.2, 0.25) is 0 Å². The third-order valence-corrected chi connectivity index (χ3v) is 5.50. The SMILES string of the molecule is CC(C)(C)n1nnnc1C(c1ccccc1F)N1CCN(Cc2ccncc2)CC1. The summed E-state index contributed by atoms with van der Waals surface area (Å²) in [5.74, 6) is 0.445. The van der Waals surface area contributed by atoms with E-state index in [2.05, 4.69) is 51.1 Å². The monoisotopic (exact) mass is 409 g/mol. The normalized spacial score (nSPS) is 17.2. The van der Waals surface area contributed by atoms with Gasteiger partial charge in [0.25, 0.3) is 0 Å². The Balaban J connectivity index is 1.59. The van der Waals surface area contributed by atoms with Crippen LogP contribution in [0.25, 0.3) is 0 Å². The highest BCUT2D eigenvalue weighted by molar-refractivity contribution is 5.27. The molecule has 8 heteroatoms. The minimum absolute atomic E-state index is 0.231. The van der Waals surface area contributed by atoms with Crippen LogP contribution in [0.2, 0.25) is 0 Å². The summed E-state index contributed by atoms with van der Waals surface area (Å²) in [6, 6.07) is 10.7. The van der Waals surface area contributed by atoms with Crippen LogP contribution in [0.3, 0.4) is 0 Å². The molecule has 1 aliphatic heterocycles. The van der Waals surface area contributed by atoms with E-state index in [-0.39, 0.29) is 17.4 Å². The Morgan fingerprint density at radius 3 is 2.37 bits per heavy atom. The molecule has 0 N–H and O–H groups in total. The van der Waals surface area contributed by atoms with Crippen molar-refractivity contribution in [1.82, 2.24) is 35.0 Å². The van der Waals surface area contributed by atoms with Gasteiger partial charge in [-0.3, -0.25) is 14.8 Å². The summed E-state index contributed by atoms with van der Waals surface area (Å²) in [7, 11) is 0. The Kier molecular flexibility index (Phi) is 5.87. The van der Waals surface area contributed by atoms with Crippen molar-refractivity contribution in [1.29, 1.82) is 0 Å². The fourth-order valence-corrected chi connectivity index (χ4v) is 3.96.